The lowest BCUT2D eigenvalue weighted by atomic mass is 9.93. The van der Waals surface area contributed by atoms with Crippen LogP contribution in [0.4, 0.5) is 11.5 Å². The van der Waals surface area contributed by atoms with E-state index in [0.717, 1.165) is 29.3 Å². The van der Waals surface area contributed by atoms with Crippen LogP contribution in [0.25, 0.3) is 10.9 Å². The summed E-state index contributed by atoms with van der Waals surface area (Å²) in [4.78, 5) is 15.4. The lowest BCUT2D eigenvalue weighted by Crippen LogP contribution is -2.18. The molecule has 4 rings (SSSR count). The molecule has 6 nitrogen and oxygen atoms in total. The maximum atomic E-state index is 11.4. The normalized spacial score (nSPS) is 14.5. The SMILES string of the molecule is Cc1ccc2c(c1)c(Nc1cnccc1C(=O)O)nn2C1CCC1. The van der Waals surface area contributed by atoms with E-state index in [1.807, 2.05) is 6.92 Å². The molecular weight excluding hydrogens is 304 g/mol. The molecule has 6 heteroatoms. The Kier molecular flexibility index (Phi) is 3.45. The number of aryl methyl sites for hydroxylation is 1. The fraction of sp³-hybridized carbons (Fsp3) is 0.278. The molecule has 2 heterocycles. The fourth-order valence-corrected chi connectivity index (χ4v) is 3.06. The third kappa shape index (κ3) is 2.40. The van der Waals surface area contributed by atoms with Crippen LogP contribution in [0.15, 0.2) is 36.7 Å². The Morgan fingerprint density at radius 3 is 2.88 bits per heavy atom. The number of aromatic carboxylic acids is 1. The molecule has 1 aromatic carbocycles. The van der Waals surface area contributed by atoms with E-state index in [9.17, 15) is 9.90 Å². The predicted octanol–water partition coefficient (Wildman–Crippen LogP) is 3.91. The van der Waals surface area contributed by atoms with Crippen LogP contribution in [0.2, 0.25) is 0 Å². The minimum absolute atomic E-state index is 0.184. The molecule has 0 spiro atoms. The summed E-state index contributed by atoms with van der Waals surface area (Å²) in [7, 11) is 0. The van der Waals surface area contributed by atoms with Crippen LogP contribution in [-0.2, 0) is 0 Å². The fourth-order valence-electron chi connectivity index (χ4n) is 3.06. The van der Waals surface area contributed by atoms with Gasteiger partial charge in [0.15, 0.2) is 5.82 Å². The van der Waals surface area contributed by atoms with Crippen LogP contribution >= 0.6 is 0 Å². The minimum atomic E-state index is -0.987. The van der Waals surface area contributed by atoms with Gasteiger partial charge in [0.1, 0.15) is 0 Å². The largest absolute Gasteiger partial charge is 0.478 e. The second-order valence-corrected chi connectivity index (χ2v) is 6.25. The van der Waals surface area contributed by atoms with Crippen molar-refractivity contribution in [3.05, 3.63) is 47.8 Å². The molecule has 0 amide bonds. The van der Waals surface area contributed by atoms with Gasteiger partial charge in [-0.05, 0) is 44.4 Å². The highest BCUT2D eigenvalue weighted by atomic mass is 16.4. The Morgan fingerprint density at radius 1 is 1.33 bits per heavy atom. The Balaban J connectivity index is 1.82. The average Bonchev–Trinajstić information content (AvgIpc) is 2.84. The van der Waals surface area contributed by atoms with Gasteiger partial charge >= 0.3 is 5.97 Å². The van der Waals surface area contributed by atoms with Crippen molar-refractivity contribution in [2.24, 2.45) is 0 Å². The van der Waals surface area contributed by atoms with Crippen LogP contribution in [-0.4, -0.2) is 25.8 Å². The molecule has 1 aliphatic rings. The number of rotatable bonds is 4. The molecule has 3 aromatic rings. The second-order valence-electron chi connectivity index (χ2n) is 6.25. The van der Waals surface area contributed by atoms with E-state index in [1.165, 1.54) is 24.9 Å². The smallest absolute Gasteiger partial charge is 0.337 e. The molecule has 2 N–H and O–H groups in total. The van der Waals surface area contributed by atoms with Gasteiger partial charge in [-0.15, -0.1) is 0 Å². The number of carbonyl (C=O) groups is 1. The van der Waals surface area contributed by atoms with Gasteiger partial charge in [-0.3, -0.25) is 9.67 Å². The molecule has 1 saturated carbocycles. The Morgan fingerprint density at radius 2 is 2.17 bits per heavy atom. The van der Waals surface area contributed by atoms with Gasteiger partial charge in [-0.2, -0.15) is 5.10 Å². The number of aromatic nitrogens is 3. The van der Waals surface area contributed by atoms with Crippen LogP contribution in [0.5, 0.6) is 0 Å². The number of hydrogen-bond acceptors (Lipinski definition) is 4. The van der Waals surface area contributed by atoms with Crippen molar-refractivity contribution in [1.29, 1.82) is 0 Å². The Bertz CT molecular complexity index is 928. The summed E-state index contributed by atoms with van der Waals surface area (Å²) in [6, 6.07) is 8.16. The van der Waals surface area contributed by atoms with Crippen molar-refractivity contribution in [1.82, 2.24) is 14.8 Å². The first-order valence-electron chi connectivity index (χ1n) is 8.06. The number of hydrogen-bond donors (Lipinski definition) is 2. The van der Waals surface area contributed by atoms with Crippen molar-refractivity contribution >= 4 is 28.4 Å². The quantitative estimate of drug-likeness (QED) is 0.761. The first-order valence-corrected chi connectivity index (χ1v) is 8.06. The molecule has 0 atom stereocenters. The summed E-state index contributed by atoms with van der Waals surface area (Å²) in [5.74, 6) is -0.310. The number of fused-ring (bicyclic) bond motifs is 1. The molecule has 1 fully saturated rings. The topological polar surface area (TPSA) is 80.0 Å². The molecule has 0 aliphatic heterocycles. The van der Waals surface area contributed by atoms with Crippen molar-refractivity contribution in [3.63, 3.8) is 0 Å². The summed E-state index contributed by atoms with van der Waals surface area (Å²) in [5.41, 5.74) is 2.85. The van der Waals surface area contributed by atoms with Crippen LogP contribution in [0, 0.1) is 6.92 Å². The van der Waals surface area contributed by atoms with Crippen molar-refractivity contribution in [2.75, 3.05) is 5.32 Å². The van der Waals surface area contributed by atoms with E-state index in [4.69, 9.17) is 5.10 Å². The summed E-state index contributed by atoms with van der Waals surface area (Å²) >= 11 is 0. The average molecular weight is 322 g/mol. The first kappa shape index (κ1) is 14.7. The zero-order valence-corrected chi connectivity index (χ0v) is 13.4. The molecule has 0 unspecified atom stereocenters. The van der Waals surface area contributed by atoms with Gasteiger partial charge in [0.2, 0.25) is 0 Å². The maximum absolute atomic E-state index is 11.4. The van der Waals surface area contributed by atoms with E-state index in [-0.39, 0.29) is 5.56 Å². The molecular formula is C18H18N4O2. The summed E-state index contributed by atoms with van der Waals surface area (Å²) in [6.07, 6.45) is 6.50. The summed E-state index contributed by atoms with van der Waals surface area (Å²) in [5, 5.41) is 18.3. The molecule has 0 bridgehead atoms. The van der Waals surface area contributed by atoms with Gasteiger partial charge in [0.05, 0.1) is 29.0 Å². The number of carboxylic acids is 1. The van der Waals surface area contributed by atoms with E-state index >= 15 is 0 Å². The molecule has 122 valence electrons. The van der Waals surface area contributed by atoms with E-state index in [2.05, 4.69) is 33.2 Å². The Hall–Kier alpha value is -2.89. The summed E-state index contributed by atoms with van der Waals surface area (Å²) < 4.78 is 2.07. The zero-order chi connectivity index (χ0) is 16.7. The number of pyridine rings is 1. The zero-order valence-electron chi connectivity index (χ0n) is 13.4. The number of nitrogens with one attached hydrogen (secondary N) is 1. The van der Waals surface area contributed by atoms with Gasteiger partial charge in [0.25, 0.3) is 0 Å². The standard InChI is InChI=1S/C18H18N4O2/c1-11-5-6-16-14(9-11)17(21-22(16)12-3-2-4-12)20-15-10-19-8-7-13(15)18(23)24/h5-10,12H,2-4H2,1H3,(H,20,21)(H,23,24). The highest BCUT2D eigenvalue weighted by molar-refractivity contribution is 5.98. The monoisotopic (exact) mass is 322 g/mol. The predicted molar refractivity (Wildman–Crippen MR) is 91.8 cm³/mol. The molecule has 0 saturated heterocycles. The number of anilines is 2. The summed E-state index contributed by atoms with van der Waals surface area (Å²) in [6.45, 7) is 2.04. The van der Waals surface area contributed by atoms with Crippen molar-refractivity contribution < 1.29 is 9.90 Å². The third-order valence-electron chi connectivity index (χ3n) is 4.59. The van der Waals surface area contributed by atoms with E-state index in [1.54, 1.807) is 0 Å². The molecule has 1 aliphatic carbocycles. The van der Waals surface area contributed by atoms with E-state index < -0.39 is 5.97 Å². The molecule has 2 aromatic heterocycles. The van der Waals surface area contributed by atoms with Gasteiger partial charge < -0.3 is 10.4 Å². The van der Waals surface area contributed by atoms with Gasteiger partial charge in [0, 0.05) is 11.6 Å². The van der Waals surface area contributed by atoms with Gasteiger partial charge in [-0.1, -0.05) is 11.6 Å². The first-order chi connectivity index (χ1) is 11.6. The van der Waals surface area contributed by atoms with Crippen molar-refractivity contribution in [2.45, 2.75) is 32.2 Å². The number of nitrogens with zero attached hydrogens (tertiary/aromatic N) is 3. The highest BCUT2D eigenvalue weighted by Crippen LogP contribution is 2.37. The molecule has 0 radical (unpaired) electrons. The van der Waals surface area contributed by atoms with Crippen LogP contribution in [0.3, 0.4) is 0 Å². The van der Waals surface area contributed by atoms with Crippen LogP contribution in [0.1, 0.15) is 41.2 Å². The van der Waals surface area contributed by atoms with Gasteiger partial charge in [-0.25, -0.2) is 4.79 Å². The minimum Gasteiger partial charge on any atom is -0.478 e. The molecule has 24 heavy (non-hydrogen) atoms. The van der Waals surface area contributed by atoms with E-state index in [0.29, 0.717) is 17.5 Å². The maximum Gasteiger partial charge on any atom is 0.337 e. The number of carboxylic acid groups (broad SMARTS) is 1. The lowest BCUT2D eigenvalue weighted by molar-refractivity contribution is 0.0698. The lowest BCUT2D eigenvalue weighted by Gasteiger charge is -2.26. The number of benzene rings is 1. The second kappa shape index (κ2) is 5.63. The van der Waals surface area contributed by atoms with Crippen molar-refractivity contribution in [3.8, 4) is 0 Å². The van der Waals surface area contributed by atoms with Crippen LogP contribution < -0.4 is 5.32 Å². The third-order valence-corrected chi connectivity index (χ3v) is 4.59. The Labute approximate surface area is 139 Å². The highest BCUT2D eigenvalue weighted by Gasteiger charge is 2.24.